The molecule has 0 aromatic heterocycles. The van der Waals surface area contributed by atoms with E-state index in [4.69, 9.17) is 14.2 Å². The summed E-state index contributed by atoms with van der Waals surface area (Å²) >= 11 is 0. The van der Waals surface area contributed by atoms with Gasteiger partial charge in [0.05, 0.1) is 24.8 Å². The average Bonchev–Trinajstić information content (AvgIpc) is 2.87. The fourth-order valence-electron chi connectivity index (χ4n) is 4.23. The maximum Gasteiger partial charge on any atom is 0.257 e. The summed E-state index contributed by atoms with van der Waals surface area (Å²) in [7, 11) is 4.88. The number of methoxy groups -OCH3 is 2. The van der Waals surface area contributed by atoms with Crippen LogP contribution in [0.4, 0.5) is 5.69 Å². The molecule has 0 unspecified atom stereocenters. The zero-order valence-electron chi connectivity index (χ0n) is 21.7. The van der Waals surface area contributed by atoms with Gasteiger partial charge in [0.25, 0.3) is 11.8 Å². The molecule has 0 fully saturated rings. The molecule has 2 aromatic carbocycles. The van der Waals surface area contributed by atoms with Crippen LogP contribution in [0.2, 0.25) is 0 Å². The molecule has 1 aliphatic heterocycles. The number of nitrogens with one attached hydrogen (secondary N) is 1. The predicted octanol–water partition coefficient (Wildman–Crippen LogP) is 3.30. The van der Waals surface area contributed by atoms with Crippen LogP contribution in [-0.4, -0.2) is 80.6 Å². The Hall–Kier alpha value is -3.59. The number of ether oxygens (including phenoxy) is 3. The standard InChI is InChI=1S/C27H35N3O6/c1-17-14-30(19(3)31)18(2)16-36-24-13-21(28-26(32)20-7-10-22(34-5)11-8-20)9-12-23(24)27(33)29(4)15-25(17)35-6/h7-13,17-18,25H,14-16H2,1-6H3,(H,28,32)/t17-,18-,25-/m0/s1. The summed E-state index contributed by atoms with van der Waals surface area (Å²) < 4.78 is 16.9. The molecule has 0 spiro atoms. The highest BCUT2D eigenvalue weighted by molar-refractivity contribution is 6.05. The summed E-state index contributed by atoms with van der Waals surface area (Å²) in [4.78, 5) is 41.8. The Kier molecular flexibility index (Phi) is 8.93. The van der Waals surface area contributed by atoms with Gasteiger partial charge in [0, 0.05) is 57.4 Å². The van der Waals surface area contributed by atoms with Crippen LogP contribution in [0.15, 0.2) is 42.5 Å². The smallest absolute Gasteiger partial charge is 0.257 e. The van der Waals surface area contributed by atoms with Gasteiger partial charge >= 0.3 is 0 Å². The molecule has 2 aromatic rings. The van der Waals surface area contributed by atoms with Gasteiger partial charge in [0.15, 0.2) is 0 Å². The third-order valence-corrected chi connectivity index (χ3v) is 6.46. The highest BCUT2D eigenvalue weighted by atomic mass is 16.5. The van der Waals surface area contributed by atoms with E-state index >= 15 is 0 Å². The number of rotatable bonds is 4. The van der Waals surface area contributed by atoms with E-state index in [1.54, 1.807) is 73.5 Å². The molecular weight excluding hydrogens is 462 g/mol. The topological polar surface area (TPSA) is 97.4 Å². The summed E-state index contributed by atoms with van der Waals surface area (Å²) in [5.41, 5.74) is 1.31. The number of amides is 3. The Morgan fingerprint density at radius 2 is 1.75 bits per heavy atom. The minimum atomic E-state index is -0.303. The Labute approximate surface area is 212 Å². The molecule has 0 saturated heterocycles. The fourth-order valence-corrected chi connectivity index (χ4v) is 4.23. The Morgan fingerprint density at radius 3 is 2.36 bits per heavy atom. The van der Waals surface area contributed by atoms with E-state index in [1.165, 1.54) is 6.92 Å². The minimum Gasteiger partial charge on any atom is -0.497 e. The van der Waals surface area contributed by atoms with Crippen LogP contribution in [0.5, 0.6) is 11.5 Å². The number of carbonyl (C=O) groups excluding carboxylic acids is 3. The van der Waals surface area contributed by atoms with Gasteiger partial charge < -0.3 is 29.3 Å². The number of hydrogen-bond donors (Lipinski definition) is 1. The summed E-state index contributed by atoms with van der Waals surface area (Å²) in [6.45, 7) is 6.46. The van der Waals surface area contributed by atoms with Crippen LogP contribution in [-0.2, 0) is 9.53 Å². The van der Waals surface area contributed by atoms with E-state index < -0.39 is 0 Å². The first-order chi connectivity index (χ1) is 17.1. The van der Waals surface area contributed by atoms with Crippen molar-refractivity contribution in [2.75, 3.05) is 46.3 Å². The fraction of sp³-hybridized carbons (Fsp3) is 0.444. The van der Waals surface area contributed by atoms with Crippen molar-refractivity contribution in [2.24, 2.45) is 5.92 Å². The molecule has 3 amide bonds. The number of anilines is 1. The van der Waals surface area contributed by atoms with Crippen LogP contribution in [0.25, 0.3) is 0 Å². The first-order valence-electron chi connectivity index (χ1n) is 11.9. The van der Waals surface area contributed by atoms with Gasteiger partial charge in [-0.05, 0) is 43.3 Å². The van der Waals surface area contributed by atoms with E-state index in [2.05, 4.69) is 5.32 Å². The van der Waals surface area contributed by atoms with Gasteiger partial charge in [-0.25, -0.2) is 0 Å². The highest BCUT2D eigenvalue weighted by Gasteiger charge is 2.29. The highest BCUT2D eigenvalue weighted by Crippen LogP contribution is 2.27. The number of likely N-dealkylation sites (N-methyl/N-ethyl adjacent to an activating group) is 1. The van der Waals surface area contributed by atoms with Gasteiger partial charge in [-0.3, -0.25) is 14.4 Å². The zero-order chi connectivity index (χ0) is 26.4. The monoisotopic (exact) mass is 497 g/mol. The summed E-state index contributed by atoms with van der Waals surface area (Å²) in [6, 6.07) is 11.5. The zero-order valence-corrected chi connectivity index (χ0v) is 21.7. The van der Waals surface area contributed by atoms with Crippen molar-refractivity contribution >= 4 is 23.4 Å². The van der Waals surface area contributed by atoms with Crippen molar-refractivity contribution in [1.29, 1.82) is 0 Å². The van der Waals surface area contributed by atoms with Gasteiger partial charge in [-0.1, -0.05) is 6.92 Å². The molecule has 194 valence electrons. The van der Waals surface area contributed by atoms with Crippen molar-refractivity contribution in [2.45, 2.75) is 32.9 Å². The lowest BCUT2D eigenvalue weighted by atomic mass is 10.0. The summed E-state index contributed by atoms with van der Waals surface area (Å²) in [5.74, 6) is 0.408. The maximum atomic E-state index is 13.3. The second kappa shape index (κ2) is 11.9. The van der Waals surface area contributed by atoms with Crippen molar-refractivity contribution in [3.8, 4) is 11.5 Å². The van der Waals surface area contributed by atoms with Gasteiger partial charge in [-0.2, -0.15) is 0 Å². The molecule has 36 heavy (non-hydrogen) atoms. The number of benzene rings is 2. The van der Waals surface area contributed by atoms with E-state index in [0.717, 1.165) is 0 Å². The lowest BCUT2D eigenvalue weighted by Crippen LogP contribution is -2.48. The molecule has 0 bridgehead atoms. The van der Waals surface area contributed by atoms with Crippen molar-refractivity contribution in [3.05, 3.63) is 53.6 Å². The summed E-state index contributed by atoms with van der Waals surface area (Å²) in [5, 5.41) is 2.85. The lowest BCUT2D eigenvalue weighted by molar-refractivity contribution is -0.133. The molecule has 0 radical (unpaired) electrons. The molecular formula is C27H35N3O6. The molecule has 0 aliphatic carbocycles. The SMILES string of the molecule is COc1ccc(C(=O)Nc2ccc3c(c2)OC[C@H](C)N(C(C)=O)C[C@H](C)[C@@H](OC)CN(C)C3=O)cc1. The molecule has 9 nitrogen and oxygen atoms in total. The first-order valence-corrected chi connectivity index (χ1v) is 11.9. The van der Waals surface area contributed by atoms with Gasteiger partial charge in [0.1, 0.15) is 18.1 Å². The second-order valence-corrected chi connectivity index (χ2v) is 9.16. The lowest BCUT2D eigenvalue weighted by Gasteiger charge is -2.35. The summed E-state index contributed by atoms with van der Waals surface area (Å²) in [6.07, 6.45) is -0.250. The minimum absolute atomic E-state index is 0.00559. The number of hydrogen-bond acceptors (Lipinski definition) is 6. The van der Waals surface area contributed by atoms with E-state index in [-0.39, 0.29) is 42.4 Å². The first kappa shape index (κ1) is 27.0. The van der Waals surface area contributed by atoms with Crippen molar-refractivity contribution < 1.29 is 28.6 Å². The molecule has 3 atom stereocenters. The molecule has 0 saturated carbocycles. The third-order valence-electron chi connectivity index (χ3n) is 6.46. The quantitative estimate of drug-likeness (QED) is 0.696. The number of carbonyl (C=O) groups is 3. The molecule has 1 aliphatic rings. The second-order valence-electron chi connectivity index (χ2n) is 9.16. The average molecular weight is 498 g/mol. The van der Waals surface area contributed by atoms with Crippen LogP contribution in [0.3, 0.4) is 0 Å². The van der Waals surface area contributed by atoms with Crippen LogP contribution in [0, 0.1) is 5.92 Å². The van der Waals surface area contributed by atoms with Crippen LogP contribution >= 0.6 is 0 Å². The van der Waals surface area contributed by atoms with Crippen LogP contribution < -0.4 is 14.8 Å². The van der Waals surface area contributed by atoms with E-state index in [1.807, 2.05) is 13.8 Å². The van der Waals surface area contributed by atoms with E-state index in [9.17, 15) is 14.4 Å². The third kappa shape index (κ3) is 6.34. The largest absolute Gasteiger partial charge is 0.497 e. The Morgan fingerprint density at radius 1 is 1.06 bits per heavy atom. The van der Waals surface area contributed by atoms with Crippen LogP contribution in [0.1, 0.15) is 41.5 Å². The maximum absolute atomic E-state index is 13.3. The van der Waals surface area contributed by atoms with E-state index in [0.29, 0.717) is 41.4 Å². The molecule has 3 rings (SSSR count). The molecule has 9 heteroatoms. The van der Waals surface area contributed by atoms with Gasteiger partial charge in [0.2, 0.25) is 5.91 Å². The predicted molar refractivity (Wildman–Crippen MR) is 137 cm³/mol. The van der Waals surface area contributed by atoms with Crippen molar-refractivity contribution in [3.63, 3.8) is 0 Å². The number of fused-ring (bicyclic) bond motifs is 1. The Balaban J connectivity index is 1.91. The Bertz CT molecular complexity index is 1090. The molecule has 1 heterocycles. The van der Waals surface area contributed by atoms with Gasteiger partial charge in [-0.15, -0.1) is 0 Å². The normalized spacial score (nSPS) is 20.9. The van der Waals surface area contributed by atoms with Crippen molar-refractivity contribution in [1.82, 2.24) is 9.80 Å². The molecule has 1 N–H and O–H groups in total. The number of nitrogens with zero attached hydrogens (tertiary/aromatic N) is 2.